The van der Waals surface area contributed by atoms with Crippen molar-refractivity contribution in [2.24, 2.45) is 0 Å². The summed E-state index contributed by atoms with van der Waals surface area (Å²) in [6.07, 6.45) is 3.43. The molecule has 0 unspecified atom stereocenters. The third-order valence-corrected chi connectivity index (χ3v) is 4.16. The summed E-state index contributed by atoms with van der Waals surface area (Å²) < 4.78 is 53.6. The molecule has 0 amide bonds. The highest BCUT2D eigenvalue weighted by Gasteiger charge is 2.40. The van der Waals surface area contributed by atoms with Gasteiger partial charge in [-0.25, -0.2) is 31.6 Å². The minimum Gasteiger partial charge on any atom is -0.381 e. The zero-order chi connectivity index (χ0) is 17.3. The second-order valence-corrected chi connectivity index (χ2v) is 7.03. The van der Waals surface area contributed by atoms with Crippen molar-refractivity contribution < 1.29 is 22.3 Å². The summed E-state index contributed by atoms with van der Waals surface area (Å²) in [6.45, 7) is 1.10. The van der Waals surface area contributed by atoms with Gasteiger partial charge in [0.15, 0.2) is 0 Å². The van der Waals surface area contributed by atoms with Crippen molar-refractivity contribution in [1.82, 2.24) is 19.5 Å². The van der Waals surface area contributed by atoms with Crippen molar-refractivity contribution in [3.8, 4) is 0 Å². The third-order valence-electron chi connectivity index (χ3n) is 3.37. The van der Waals surface area contributed by atoms with Crippen LogP contribution in [0.3, 0.4) is 0 Å². The second-order valence-electron chi connectivity index (χ2n) is 5.25. The zero-order valence-corrected chi connectivity index (χ0v) is 13.3. The van der Waals surface area contributed by atoms with E-state index in [-0.39, 0.29) is 12.1 Å². The Kier molecular flexibility index (Phi) is 4.78. The van der Waals surface area contributed by atoms with E-state index in [0.717, 1.165) is 18.4 Å². The van der Waals surface area contributed by atoms with Crippen molar-refractivity contribution in [2.45, 2.75) is 25.1 Å². The van der Waals surface area contributed by atoms with E-state index < -0.39 is 33.3 Å². The van der Waals surface area contributed by atoms with Crippen LogP contribution in [0.1, 0.15) is 12.5 Å². The van der Waals surface area contributed by atoms with E-state index in [0.29, 0.717) is 6.07 Å². The van der Waals surface area contributed by atoms with E-state index in [4.69, 9.17) is 0 Å². The monoisotopic (exact) mass is 346 g/mol. The molecule has 0 aliphatic heterocycles. The molecule has 0 aliphatic carbocycles. The van der Waals surface area contributed by atoms with Gasteiger partial charge in [0.05, 0.1) is 18.8 Å². The Bertz CT molecular complexity index is 783. The van der Waals surface area contributed by atoms with Crippen LogP contribution in [0, 0.1) is 11.6 Å². The molecule has 0 radical (unpaired) electrons. The van der Waals surface area contributed by atoms with E-state index in [1.807, 2.05) is 0 Å². The van der Waals surface area contributed by atoms with Gasteiger partial charge in [-0.3, -0.25) is 0 Å². The highest BCUT2D eigenvalue weighted by atomic mass is 32.2. The van der Waals surface area contributed by atoms with Gasteiger partial charge < -0.3 is 5.11 Å². The predicted molar refractivity (Wildman–Crippen MR) is 77.7 cm³/mol. The maximum atomic E-state index is 14.1. The van der Waals surface area contributed by atoms with Gasteiger partial charge in [-0.15, -0.1) is 0 Å². The molecule has 1 aromatic heterocycles. The number of nitrogens with one attached hydrogen (secondary N) is 1. The molecule has 23 heavy (non-hydrogen) atoms. The normalized spacial score (nSPS) is 16.0. The minimum absolute atomic E-state index is 0.252. The predicted octanol–water partition coefficient (Wildman–Crippen LogP) is 0.382. The lowest BCUT2D eigenvalue weighted by molar-refractivity contribution is -0.0134. The van der Waals surface area contributed by atoms with Gasteiger partial charge in [-0.2, -0.15) is 5.10 Å². The van der Waals surface area contributed by atoms with Crippen LogP contribution in [0.5, 0.6) is 0 Å². The summed E-state index contributed by atoms with van der Waals surface area (Å²) in [6, 6.07) is 1.57. The molecule has 2 N–H and O–H groups in total. The van der Waals surface area contributed by atoms with Gasteiger partial charge in [-0.1, -0.05) is 6.07 Å². The quantitative estimate of drug-likeness (QED) is 0.788. The van der Waals surface area contributed by atoms with E-state index in [2.05, 4.69) is 14.8 Å². The molecule has 7 nitrogen and oxygen atoms in total. The fraction of sp³-hybridized carbons (Fsp3) is 0.385. The maximum absolute atomic E-state index is 14.1. The number of halogens is 2. The van der Waals surface area contributed by atoms with Crippen molar-refractivity contribution in [3.63, 3.8) is 0 Å². The molecule has 1 aromatic carbocycles. The fourth-order valence-corrected chi connectivity index (χ4v) is 3.11. The lowest BCUT2D eigenvalue weighted by atomic mass is 9.87. The van der Waals surface area contributed by atoms with Crippen molar-refractivity contribution in [2.75, 3.05) is 6.26 Å². The number of rotatable bonds is 6. The molecule has 1 heterocycles. The molecule has 126 valence electrons. The summed E-state index contributed by atoms with van der Waals surface area (Å²) in [7, 11) is -3.67. The molecule has 0 saturated heterocycles. The Balaban J connectivity index is 2.49. The van der Waals surface area contributed by atoms with Gasteiger partial charge >= 0.3 is 0 Å². The summed E-state index contributed by atoms with van der Waals surface area (Å²) in [5, 5.41) is 14.8. The first-order valence-corrected chi connectivity index (χ1v) is 8.48. The Labute approximate surface area is 132 Å². The molecule has 10 heteroatoms. The smallest absolute Gasteiger partial charge is 0.209 e. The molecule has 0 spiro atoms. The van der Waals surface area contributed by atoms with Gasteiger partial charge in [0.2, 0.25) is 10.0 Å². The van der Waals surface area contributed by atoms with Gasteiger partial charge in [0, 0.05) is 11.6 Å². The molecule has 0 bridgehead atoms. The van der Waals surface area contributed by atoms with Gasteiger partial charge in [0.1, 0.15) is 29.9 Å². The van der Waals surface area contributed by atoms with Crippen molar-refractivity contribution in [3.05, 3.63) is 48.1 Å². The van der Waals surface area contributed by atoms with Crippen LogP contribution in [0.4, 0.5) is 8.78 Å². The molecular weight excluding hydrogens is 330 g/mol. The van der Waals surface area contributed by atoms with Crippen molar-refractivity contribution in [1.29, 1.82) is 0 Å². The highest BCUT2D eigenvalue weighted by Crippen LogP contribution is 2.30. The van der Waals surface area contributed by atoms with E-state index >= 15 is 0 Å². The minimum atomic E-state index is -3.67. The Morgan fingerprint density at radius 2 is 2.13 bits per heavy atom. The molecule has 0 aliphatic rings. The summed E-state index contributed by atoms with van der Waals surface area (Å²) in [5.74, 6) is -1.80. The summed E-state index contributed by atoms with van der Waals surface area (Å²) >= 11 is 0. The number of hydrogen-bond acceptors (Lipinski definition) is 5. The number of aromatic nitrogens is 3. The fourth-order valence-electron chi connectivity index (χ4n) is 2.28. The average molecular weight is 346 g/mol. The molecular formula is C13H16F2N4O3S. The van der Waals surface area contributed by atoms with E-state index in [1.54, 1.807) is 0 Å². The van der Waals surface area contributed by atoms with Gasteiger partial charge in [0.25, 0.3) is 0 Å². The van der Waals surface area contributed by atoms with Crippen LogP contribution in [0.15, 0.2) is 30.9 Å². The molecule has 0 saturated carbocycles. The average Bonchev–Trinajstić information content (AvgIpc) is 2.88. The highest BCUT2D eigenvalue weighted by molar-refractivity contribution is 7.88. The first-order chi connectivity index (χ1) is 10.6. The van der Waals surface area contributed by atoms with E-state index in [9.17, 15) is 22.3 Å². The summed E-state index contributed by atoms with van der Waals surface area (Å²) in [5.41, 5.74) is -2.26. The third kappa shape index (κ3) is 4.09. The molecule has 0 fully saturated rings. The van der Waals surface area contributed by atoms with Crippen LogP contribution >= 0.6 is 0 Å². The SMILES string of the molecule is C[C@@H](NS(C)(=O)=O)[C@](O)(Cn1cncn1)c1ccc(F)cc1F. The maximum Gasteiger partial charge on any atom is 0.209 e. The Hall–Kier alpha value is -1.91. The Morgan fingerprint density at radius 1 is 1.43 bits per heavy atom. The first-order valence-electron chi connectivity index (χ1n) is 6.59. The van der Waals surface area contributed by atoms with Crippen LogP contribution in [-0.4, -0.2) is 40.6 Å². The number of aliphatic hydroxyl groups is 1. The Morgan fingerprint density at radius 3 is 2.65 bits per heavy atom. The number of sulfonamides is 1. The van der Waals surface area contributed by atoms with Crippen molar-refractivity contribution >= 4 is 10.0 Å². The lowest BCUT2D eigenvalue weighted by Crippen LogP contribution is -2.51. The molecule has 2 atom stereocenters. The van der Waals surface area contributed by atoms with Gasteiger partial charge in [-0.05, 0) is 13.0 Å². The first kappa shape index (κ1) is 17.4. The number of benzene rings is 1. The van der Waals surface area contributed by atoms with Crippen LogP contribution < -0.4 is 4.72 Å². The largest absolute Gasteiger partial charge is 0.381 e. The lowest BCUT2D eigenvalue weighted by Gasteiger charge is -2.34. The van der Waals surface area contributed by atoms with E-state index in [1.165, 1.54) is 24.3 Å². The van der Waals surface area contributed by atoms with Crippen LogP contribution in [-0.2, 0) is 22.2 Å². The standard InChI is InChI=1S/C13H16F2N4O3S/c1-9(18-23(2,21)22)13(20,6-19-8-16-7-17-19)11-4-3-10(14)5-12(11)15/h3-5,7-9,18,20H,6H2,1-2H3/t9-,13-/m1/s1. The molecule has 2 rings (SSSR count). The zero-order valence-electron chi connectivity index (χ0n) is 12.4. The number of hydrogen-bond donors (Lipinski definition) is 2. The second kappa shape index (κ2) is 6.30. The topological polar surface area (TPSA) is 97.1 Å². The van der Waals surface area contributed by atoms with Crippen LogP contribution in [0.2, 0.25) is 0 Å². The van der Waals surface area contributed by atoms with Crippen LogP contribution in [0.25, 0.3) is 0 Å². The summed E-state index contributed by atoms with van der Waals surface area (Å²) in [4.78, 5) is 3.72. The number of nitrogens with zero attached hydrogens (tertiary/aromatic N) is 3. The molecule has 2 aromatic rings.